The minimum Gasteiger partial charge on any atom is -0.364 e. The lowest BCUT2D eigenvalue weighted by molar-refractivity contribution is 0.523. The molecule has 0 radical (unpaired) electrons. The highest BCUT2D eigenvalue weighted by Crippen LogP contribution is 2.31. The molecule has 4 rings (SSSR count). The molecule has 0 saturated heterocycles. The van der Waals surface area contributed by atoms with E-state index in [9.17, 15) is 8.42 Å². The molecule has 8 heteroatoms. The maximum absolute atomic E-state index is 12.8. The van der Waals surface area contributed by atoms with Crippen LogP contribution in [0.5, 0.6) is 0 Å². The molecule has 1 unspecified atom stereocenters. The second kappa shape index (κ2) is 7.87. The van der Waals surface area contributed by atoms with Gasteiger partial charge in [-0.1, -0.05) is 29.8 Å². The third-order valence-electron chi connectivity index (χ3n) is 4.63. The van der Waals surface area contributed by atoms with Crippen molar-refractivity contribution in [1.82, 2.24) is 14.7 Å². The van der Waals surface area contributed by atoms with Gasteiger partial charge in [-0.25, -0.2) is 13.1 Å². The van der Waals surface area contributed by atoms with Crippen LogP contribution in [-0.4, -0.2) is 31.0 Å². The van der Waals surface area contributed by atoms with Crippen LogP contribution < -0.4 is 9.62 Å². The molecule has 0 amide bonds. The van der Waals surface area contributed by atoms with Gasteiger partial charge in [0.25, 0.3) is 0 Å². The molecule has 0 spiro atoms. The monoisotopic (exact) mass is 414 g/mol. The quantitative estimate of drug-likeness (QED) is 0.694. The molecule has 0 aliphatic carbocycles. The normalized spacial score (nSPS) is 16.6. The van der Waals surface area contributed by atoms with Gasteiger partial charge in [0.1, 0.15) is 0 Å². The van der Waals surface area contributed by atoms with Gasteiger partial charge >= 0.3 is 0 Å². The number of benzene rings is 2. The molecule has 2 heterocycles. The van der Waals surface area contributed by atoms with E-state index in [4.69, 9.17) is 11.6 Å². The van der Waals surface area contributed by atoms with Gasteiger partial charge in [0.2, 0.25) is 10.0 Å². The number of hydrogen-bond donors (Lipinski definition) is 1. The van der Waals surface area contributed by atoms with Crippen LogP contribution in [0.25, 0.3) is 0 Å². The SMILES string of the molecule is O=S(=O)(NC1Cc2cc(Cl)ccc2N(Cc2cnccn2)C1)c1ccccc1. The summed E-state index contributed by atoms with van der Waals surface area (Å²) in [4.78, 5) is 10.8. The van der Waals surface area contributed by atoms with E-state index < -0.39 is 10.0 Å². The fraction of sp³-hybridized carbons (Fsp3) is 0.200. The third-order valence-corrected chi connectivity index (χ3v) is 6.41. The zero-order valence-electron chi connectivity index (χ0n) is 15.0. The van der Waals surface area contributed by atoms with E-state index in [0.717, 1.165) is 16.9 Å². The molecule has 1 aromatic heterocycles. The van der Waals surface area contributed by atoms with Crippen LogP contribution in [0, 0.1) is 0 Å². The Morgan fingerprint density at radius 1 is 1.14 bits per heavy atom. The largest absolute Gasteiger partial charge is 0.364 e. The highest BCUT2D eigenvalue weighted by Gasteiger charge is 2.28. The van der Waals surface area contributed by atoms with Gasteiger partial charge in [0, 0.05) is 35.7 Å². The third kappa shape index (κ3) is 4.16. The zero-order chi connectivity index (χ0) is 19.6. The number of nitrogens with one attached hydrogen (secondary N) is 1. The Kier molecular flexibility index (Phi) is 5.30. The number of aromatic nitrogens is 2. The minimum atomic E-state index is -3.61. The second-order valence-electron chi connectivity index (χ2n) is 6.69. The summed E-state index contributed by atoms with van der Waals surface area (Å²) in [5.74, 6) is 0. The van der Waals surface area contributed by atoms with E-state index >= 15 is 0 Å². The fourth-order valence-electron chi connectivity index (χ4n) is 3.44. The molecule has 0 saturated carbocycles. The lowest BCUT2D eigenvalue weighted by atomic mass is 9.98. The van der Waals surface area contributed by atoms with Gasteiger partial charge in [-0.05, 0) is 42.3 Å². The Bertz CT molecular complexity index is 1060. The van der Waals surface area contributed by atoms with Crippen LogP contribution in [0.4, 0.5) is 5.69 Å². The first-order valence-corrected chi connectivity index (χ1v) is 10.7. The van der Waals surface area contributed by atoms with Crippen LogP contribution in [0.2, 0.25) is 5.02 Å². The Morgan fingerprint density at radius 3 is 2.71 bits per heavy atom. The van der Waals surface area contributed by atoms with Crippen LogP contribution in [-0.2, 0) is 23.0 Å². The summed E-state index contributed by atoms with van der Waals surface area (Å²) >= 11 is 6.18. The van der Waals surface area contributed by atoms with Crippen LogP contribution in [0.15, 0.2) is 72.0 Å². The number of halogens is 1. The van der Waals surface area contributed by atoms with Crippen LogP contribution in [0.1, 0.15) is 11.3 Å². The van der Waals surface area contributed by atoms with Crippen molar-refractivity contribution in [3.05, 3.63) is 83.4 Å². The van der Waals surface area contributed by atoms with Gasteiger partial charge in [0.15, 0.2) is 0 Å². The standard InChI is InChI=1S/C20H19ClN4O2S/c21-16-6-7-20-15(10-16)11-17(13-25(20)14-18-12-22-8-9-23-18)24-28(26,27)19-4-2-1-3-5-19/h1-10,12,17,24H,11,13-14H2. The summed E-state index contributed by atoms with van der Waals surface area (Å²) in [6.07, 6.45) is 5.56. The van der Waals surface area contributed by atoms with Crippen LogP contribution >= 0.6 is 11.6 Å². The van der Waals surface area contributed by atoms with Gasteiger partial charge in [0.05, 0.1) is 23.3 Å². The van der Waals surface area contributed by atoms with Gasteiger partial charge in [-0.3, -0.25) is 9.97 Å². The highest BCUT2D eigenvalue weighted by atomic mass is 35.5. The van der Waals surface area contributed by atoms with Gasteiger partial charge < -0.3 is 4.90 Å². The van der Waals surface area contributed by atoms with Crippen molar-refractivity contribution in [1.29, 1.82) is 0 Å². The Morgan fingerprint density at radius 2 is 1.96 bits per heavy atom. The molecule has 1 aliphatic heterocycles. The average molecular weight is 415 g/mol. The molecule has 2 aromatic carbocycles. The summed E-state index contributed by atoms with van der Waals surface area (Å²) in [6.45, 7) is 1.06. The van der Waals surface area contributed by atoms with Gasteiger partial charge in [-0.15, -0.1) is 0 Å². The summed E-state index contributed by atoms with van der Waals surface area (Å²) in [7, 11) is -3.61. The lowest BCUT2D eigenvalue weighted by Gasteiger charge is -2.36. The van der Waals surface area contributed by atoms with Crippen LogP contribution in [0.3, 0.4) is 0 Å². The Hall–Kier alpha value is -2.48. The average Bonchev–Trinajstić information content (AvgIpc) is 2.69. The predicted molar refractivity (Wildman–Crippen MR) is 109 cm³/mol. The first-order chi connectivity index (χ1) is 13.5. The summed E-state index contributed by atoms with van der Waals surface area (Å²) in [6, 6.07) is 13.8. The predicted octanol–water partition coefficient (Wildman–Crippen LogP) is 3.04. The first-order valence-electron chi connectivity index (χ1n) is 8.87. The molecule has 0 bridgehead atoms. The van der Waals surface area contributed by atoms with Crippen molar-refractivity contribution >= 4 is 27.3 Å². The van der Waals surface area contributed by atoms with E-state index in [1.54, 1.807) is 48.9 Å². The number of hydrogen-bond acceptors (Lipinski definition) is 5. The van der Waals surface area contributed by atoms with Crippen molar-refractivity contribution in [3.8, 4) is 0 Å². The second-order valence-corrected chi connectivity index (χ2v) is 8.84. The van der Waals surface area contributed by atoms with E-state index in [1.807, 2.05) is 18.2 Å². The number of rotatable bonds is 5. The molecule has 0 fully saturated rings. The van der Waals surface area contributed by atoms with Crippen molar-refractivity contribution in [2.24, 2.45) is 0 Å². The molecular weight excluding hydrogens is 396 g/mol. The number of anilines is 1. The number of fused-ring (bicyclic) bond motifs is 1. The molecule has 144 valence electrons. The summed E-state index contributed by atoms with van der Waals surface area (Å²) < 4.78 is 28.4. The van der Waals surface area contributed by atoms with Crippen molar-refractivity contribution in [3.63, 3.8) is 0 Å². The maximum Gasteiger partial charge on any atom is 0.240 e. The number of nitrogens with zero attached hydrogens (tertiary/aromatic N) is 3. The maximum atomic E-state index is 12.8. The zero-order valence-corrected chi connectivity index (χ0v) is 16.6. The molecule has 3 aromatic rings. The highest BCUT2D eigenvalue weighted by molar-refractivity contribution is 7.89. The van der Waals surface area contributed by atoms with E-state index in [2.05, 4.69) is 19.6 Å². The molecule has 28 heavy (non-hydrogen) atoms. The Labute approximate surface area is 169 Å². The lowest BCUT2D eigenvalue weighted by Crippen LogP contribution is -2.48. The Balaban J connectivity index is 1.62. The molecule has 6 nitrogen and oxygen atoms in total. The topological polar surface area (TPSA) is 75.2 Å². The van der Waals surface area contributed by atoms with E-state index in [1.165, 1.54) is 0 Å². The molecule has 1 atom stereocenters. The fourth-order valence-corrected chi connectivity index (χ4v) is 4.89. The van der Waals surface area contributed by atoms with Crippen molar-refractivity contribution in [2.75, 3.05) is 11.4 Å². The molecule has 1 aliphatic rings. The number of sulfonamides is 1. The van der Waals surface area contributed by atoms with E-state index in [0.29, 0.717) is 24.5 Å². The first kappa shape index (κ1) is 18.9. The van der Waals surface area contributed by atoms with Crippen molar-refractivity contribution < 1.29 is 8.42 Å². The minimum absolute atomic E-state index is 0.257. The smallest absolute Gasteiger partial charge is 0.240 e. The van der Waals surface area contributed by atoms with Gasteiger partial charge in [-0.2, -0.15) is 0 Å². The van der Waals surface area contributed by atoms with Crippen molar-refractivity contribution in [2.45, 2.75) is 23.9 Å². The summed E-state index contributed by atoms with van der Waals surface area (Å²) in [5, 5.41) is 0.629. The van der Waals surface area contributed by atoms with E-state index in [-0.39, 0.29) is 10.9 Å². The molecular formula is C20H19ClN4O2S. The molecule has 1 N–H and O–H groups in total. The summed E-state index contributed by atoms with van der Waals surface area (Å²) in [5.41, 5.74) is 2.85.